The van der Waals surface area contributed by atoms with E-state index in [0.29, 0.717) is 11.3 Å². The zero-order chi connectivity index (χ0) is 17.9. The van der Waals surface area contributed by atoms with E-state index < -0.39 is 28.6 Å². The number of amides is 1. The molecule has 0 saturated heterocycles. The lowest BCUT2D eigenvalue weighted by atomic mass is 9.77. The van der Waals surface area contributed by atoms with Gasteiger partial charge in [0.1, 0.15) is 5.92 Å². The first-order valence-electron chi connectivity index (χ1n) is 7.23. The third-order valence-electron chi connectivity index (χ3n) is 3.74. The van der Waals surface area contributed by atoms with Crippen LogP contribution < -0.4 is 5.32 Å². The van der Waals surface area contributed by atoms with Crippen LogP contribution in [-0.4, -0.2) is 23.4 Å². The molecule has 0 fully saturated rings. The summed E-state index contributed by atoms with van der Waals surface area (Å²) >= 11 is 0. The van der Waals surface area contributed by atoms with Crippen LogP contribution in [0, 0.1) is 27.4 Å². The molecule has 0 aliphatic carbocycles. The zero-order valence-electron chi connectivity index (χ0n) is 13.1. The molecule has 0 saturated carbocycles. The van der Waals surface area contributed by atoms with E-state index in [1.54, 1.807) is 13.8 Å². The van der Waals surface area contributed by atoms with Crippen LogP contribution in [0.15, 0.2) is 35.5 Å². The average molecular weight is 329 g/mol. The summed E-state index contributed by atoms with van der Waals surface area (Å²) in [4.78, 5) is 34.6. The smallest absolute Gasteiger partial charge is 0.336 e. The van der Waals surface area contributed by atoms with Gasteiger partial charge < -0.3 is 10.1 Å². The summed E-state index contributed by atoms with van der Waals surface area (Å²) < 4.78 is 5.03. The maximum Gasteiger partial charge on any atom is 0.336 e. The third kappa shape index (κ3) is 3.10. The summed E-state index contributed by atoms with van der Waals surface area (Å²) in [6.45, 7) is 3.35. The molecular formula is C16H15N3O5. The normalized spacial score (nSPS) is 20.1. The molecular weight excluding hydrogens is 314 g/mol. The summed E-state index contributed by atoms with van der Waals surface area (Å²) in [5, 5.41) is 22.6. The number of nitriles is 1. The number of non-ortho nitro benzene ring substituents is 1. The Morgan fingerprint density at radius 1 is 1.42 bits per heavy atom. The molecule has 0 bridgehead atoms. The second-order valence-electron chi connectivity index (χ2n) is 5.18. The minimum Gasteiger partial charge on any atom is -0.463 e. The number of ether oxygens (including phenoxy) is 1. The van der Waals surface area contributed by atoms with E-state index in [2.05, 4.69) is 5.32 Å². The van der Waals surface area contributed by atoms with E-state index in [1.165, 1.54) is 24.3 Å². The van der Waals surface area contributed by atoms with Crippen molar-refractivity contribution in [1.82, 2.24) is 5.32 Å². The summed E-state index contributed by atoms with van der Waals surface area (Å²) in [5.74, 6) is -3.12. The molecule has 1 aromatic carbocycles. The van der Waals surface area contributed by atoms with Crippen LogP contribution in [0.25, 0.3) is 0 Å². The third-order valence-corrected chi connectivity index (χ3v) is 3.74. The van der Waals surface area contributed by atoms with Gasteiger partial charge >= 0.3 is 5.97 Å². The second kappa shape index (κ2) is 6.91. The number of allylic oxidation sites excluding steroid dienone is 1. The van der Waals surface area contributed by atoms with Crippen molar-refractivity contribution in [2.75, 3.05) is 6.61 Å². The topological polar surface area (TPSA) is 122 Å². The largest absolute Gasteiger partial charge is 0.463 e. The number of nitro benzene ring substituents is 1. The fraction of sp³-hybridized carbons (Fsp3) is 0.312. The molecule has 1 amide bonds. The molecule has 1 aliphatic heterocycles. The molecule has 8 nitrogen and oxygen atoms in total. The predicted molar refractivity (Wildman–Crippen MR) is 82.4 cm³/mol. The van der Waals surface area contributed by atoms with Crippen molar-refractivity contribution in [3.05, 3.63) is 51.2 Å². The van der Waals surface area contributed by atoms with Gasteiger partial charge in [0.25, 0.3) is 5.69 Å². The molecule has 0 unspecified atom stereocenters. The molecule has 8 heteroatoms. The van der Waals surface area contributed by atoms with Crippen molar-refractivity contribution < 1.29 is 19.2 Å². The van der Waals surface area contributed by atoms with E-state index in [1.807, 2.05) is 6.07 Å². The van der Waals surface area contributed by atoms with Crippen LogP contribution in [0.3, 0.4) is 0 Å². The monoisotopic (exact) mass is 329 g/mol. The van der Waals surface area contributed by atoms with Gasteiger partial charge in [0.05, 0.1) is 23.2 Å². The van der Waals surface area contributed by atoms with Crippen molar-refractivity contribution in [2.45, 2.75) is 19.8 Å². The van der Waals surface area contributed by atoms with Crippen LogP contribution in [0.1, 0.15) is 25.3 Å². The van der Waals surface area contributed by atoms with E-state index in [9.17, 15) is 25.0 Å². The molecule has 24 heavy (non-hydrogen) atoms. The second-order valence-corrected chi connectivity index (χ2v) is 5.18. The number of nitro groups is 1. The Kier molecular flexibility index (Phi) is 4.94. The minimum atomic E-state index is -1.13. The van der Waals surface area contributed by atoms with Gasteiger partial charge in [0.15, 0.2) is 0 Å². The van der Waals surface area contributed by atoms with Crippen molar-refractivity contribution in [1.29, 1.82) is 5.26 Å². The average Bonchev–Trinajstić information content (AvgIpc) is 2.54. The first-order chi connectivity index (χ1) is 11.4. The van der Waals surface area contributed by atoms with Gasteiger partial charge in [0.2, 0.25) is 5.91 Å². The number of hydrogen-bond donors (Lipinski definition) is 1. The number of carbonyl (C=O) groups excluding carboxylic acids is 2. The van der Waals surface area contributed by atoms with Crippen molar-refractivity contribution in [2.24, 2.45) is 5.92 Å². The Morgan fingerprint density at radius 2 is 2.04 bits per heavy atom. The SMILES string of the molecule is CCOC(=O)C1=C(C)NC(=O)[C@@H](C#N)[C@@H]1c1ccc([N+](=O)[O-])cc1. The Morgan fingerprint density at radius 3 is 2.54 bits per heavy atom. The lowest BCUT2D eigenvalue weighted by Gasteiger charge is -2.30. The highest BCUT2D eigenvalue weighted by Gasteiger charge is 2.41. The summed E-state index contributed by atoms with van der Waals surface area (Å²) in [7, 11) is 0. The number of nitrogens with zero attached hydrogens (tertiary/aromatic N) is 2. The van der Waals surface area contributed by atoms with Crippen molar-refractivity contribution in [3.63, 3.8) is 0 Å². The van der Waals surface area contributed by atoms with Crippen molar-refractivity contribution >= 4 is 17.6 Å². The Balaban J connectivity index is 2.56. The van der Waals surface area contributed by atoms with E-state index in [0.717, 1.165) is 0 Å². The number of benzene rings is 1. The lowest BCUT2D eigenvalue weighted by molar-refractivity contribution is -0.384. The molecule has 1 heterocycles. The number of carbonyl (C=O) groups is 2. The molecule has 0 spiro atoms. The molecule has 0 radical (unpaired) electrons. The van der Waals surface area contributed by atoms with Gasteiger partial charge in [-0.3, -0.25) is 14.9 Å². The summed E-state index contributed by atoms with van der Waals surface area (Å²) in [6.07, 6.45) is 0. The fourth-order valence-electron chi connectivity index (χ4n) is 2.67. The lowest BCUT2D eigenvalue weighted by Crippen LogP contribution is -2.41. The Hall–Kier alpha value is -3.21. The molecule has 2 atom stereocenters. The Labute approximate surface area is 137 Å². The summed E-state index contributed by atoms with van der Waals surface area (Å²) in [5.41, 5.74) is 0.834. The number of nitrogens with one attached hydrogen (secondary N) is 1. The molecule has 1 aromatic rings. The van der Waals surface area contributed by atoms with E-state index in [4.69, 9.17) is 4.74 Å². The highest BCUT2D eigenvalue weighted by molar-refractivity contribution is 5.97. The molecule has 2 rings (SSSR count). The van der Waals surface area contributed by atoms with Gasteiger partial charge in [-0.2, -0.15) is 5.26 Å². The number of hydrogen-bond acceptors (Lipinski definition) is 6. The standard InChI is InChI=1S/C16H15N3O5/c1-3-24-16(21)13-9(2)18-15(20)12(8-17)14(13)10-4-6-11(7-5-10)19(22)23/h4-7,12,14H,3H2,1-2H3,(H,18,20)/t12-,14-/m0/s1. The van der Waals surface area contributed by atoms with Crippen LogP contribution >= 0.6 is 0 Å². The highest BCUT2D eigenvalue weighted by atomic mass is 16.6. The Bertz CT molecular complexity index is 761. The van der Waals surface area contributed by atoms with E-state index in [-0.39, 0.29) is 17.9 Å². The first-order valence-corrected chi connectivity index (χ1v) is 7.23. The first kappa shape index (κ1) is 17.1. The molecule has 0 aromatic heterocycles. The van der Waals surface area contributed by atoms with Gasteiger partial charge in [-0.05, 0) is 19.4 Å². The number of esters is 1. The van der Waals surface area contributed by atoms with Crippen LogP contribution in [0.2, 0.25) is 0 Å². The maximum atomic E-state index is 12.3. The van der Waals surface area contributed by atoms with Gasteiger partial charge in [0, 0.05) is 23.7 Å². The molecule has 1 aliphatic rings. The molecule has 124 valence electrons. The van der Waals surface area contributed by atoms with Gasteiger partial charge in [-0.15, -0.1) is 0 Å². The van der Waals surface area contributed by atoms with E-state index >= 15 is 0 Å². The maximum absolute atomic E-state index is 12.3. The van der Waals surface area contributed by atoms with Crippen LogP contribution in [0.5, 0.6) is 0 Å². The van der Waals surface area contributed by atoms with Gasteiger partial charge in [-0.25, -0.2) is 4.79 Å². The van der Waals surface area contributed by atoms with Crippen LogP contribution in [0.4, 0.5) is 5.69 Å². The minimum absolute atomic E-state index is 0.120. The van der Waals surface area contributed by atoms with Crippen LogP contribution in [-0.2, 0) is 14.3 Å². The predicted octanol–water partition coefficient (Wildman–Crippen LogP) is 1.79. The number of rotatable bonds is 4. The van der Waals surface area contributed by atoms with Crippen molar-refractivity contribution in [3.8, 4) is 6.07 Å². The van der Waals surface area contributed by atoms with Gasteiger partial charge in [-0.1, -0.05) is 12.1 Å². The summed E-state index contributed by atoms with van der Waals surface area (Å²) in [6, 6.07) is 7.33. The highest BCUT2D eigenvalue weighted by Crippen LogP contribution is 2.37. The zero-order valence-corrected chi connectivity index (χ0v) is 13.1. The quantitative estimate of drug-likeness (QED) is 0.510. The molecule has 1 N–H and O–H groups in total. The fourth-order valence-corrected chi connectivity index (χ4v) is 2.67.